The van der Waals surface area contributed by atoms with Crippen LogP contribution in [0.25, 0.3) is 33.6 Å². The normalized spacial score (nSPS) is 10.9. The molecule has 0 saturated heterocycles. The summed E-state index contributed by atoms with van der Waals surface area (Å²) >= 11 is 7.27. The van der Waals surface area contributed by atoms with Gasteiger partial charge in [-0.1, -0.05) is 35.5 Å². The lowest BCUT2D eigenvalue weighted by Gasteiger charge is -2.13. The first-order valence-electron chi connectivity index (χ1n) is 12.4. The Labute approximate surface area is 243 Å². The van der Waals surface area contributed by atoms with Crippen molar-refractivity contribution in [2.45, 2.75) is 24.6 Å². The minimum atomic E-state index is -0.395. The van der Waals surface area contributed by atoms with E-state index >= 15 is 0 Å². The van der Waals surface area contributed by atoms with Gasteiger partial charge in [0.2, 0.25) is 5.89 Å². The molecule has 0 aliphatic carbocycles. The number of ether oxygens (including phenoxy) is 2. The second-order valence-corrected chi connectivity index (χ2v) is 10.2. The zero-order chi connectivity index (χ0) is 28.9. The second kappa shape index (κ2) is 12.2. The summed E-state index contributed by atoms with van der Waals surface area (Å²) in [4.78, 5) is 40.3. The van der Waals surface area contributed by atoms with Crippen molar-refractivity contribution in [3.05, 3.63) is 87.3 Å². The lowest BCUT2D eigenvalue weighted by molar-refractivity contribution is -0.141. The van der Waals surface area contributed by atoms with Crippen LogP contribution in [0.15, 0.2) is 69.0 Å². The molecule has 1 N–H and O–H groups in total. The zero-order valence-electron chi connectivity index (χ0n) is 21.9. The topological polar surface area (TPSA) is 144 Å². The van der Waals surface area contributed by atoms with Gasteiger partial charge in [-0.05, 0) is 48.9 Å². The van der Waals surface area contributed by atoms with E-state index in [0.29, 0.717) is 50.1 Å². The lowest BCUT2D eigenvalue weighted by atomic mass is 9.98. The van der Waals surface area contributed by atoms with Gasteiger partial charge >= 0.3 is 5.97 Å². The van der Waals surface area contributed by atoms with Crippen molar-refractivity contribution < 1.29 is 18.7 Å². The summed E-state index contributed by atoms with van der Waals surface area (Å²) in [5.41, 5.74) is 2.54. The highest BCUT2D eigenvalue weighted by molar-refractivity contribution is 7.98. The van der Waals surface area contributed by atoms with E-state index in [4.69, 9.17) is 25.5 Å². The number of aromatic amines is 1. The molecular formula is C29H22ClN5O5S. The molecule has 12 heteroatoms. The molecule has 0 unspecified atom stereocenters. The maximum absolute atomic E-state index is 13.1. The van der Waals surface area contributed by atoms with E-state index < -0.39 is 5.56 Å². The number of benzene rings is 2. The number of hydrogen-bond acceptors (Lipinski definition) is 10. The molecule has 0 bridgehead atoms. The number of aromatic nitrogens is 4. The molecule has 5 aromatic rings. The molecule has 206 valence electrons. The highest BCUT2D eigenvalue weighted by Crippen LogP contribution is 2.36. The summed E-state index contributed by atoms with van der Waals surface area (Å²) < 4.78 is 16.1. The van der Waals surface area contributed by atoms with Gasteiger partial charge in [0.05, 0.1) is 16.6 Å². The Morgan fingerprint density at radius 1 is 1.07 bits per heavy atom. The number of fused-ring (bicyclic) bond motifs is 1. The number of carbonyl (C=O) groups is 1. The fourth-order valence-corrected chi connectivity index (χ4v) is 5.05. The predicted molar refractivity (Wildman–Crippen MR) is 154 cm³/mol. The van der Waals surface area contributed by atoms with Gasteiger partial charge in [-0.25, -0.2) is 15.0 Å². The van der Waals surface area contributed by atoms with Crippen LogP contribution in [0.4, 0.5) is 0 Å². The number of oxazole rings is 1. The van der Waals surface area contributed by atoms with Gasteiger partial charge in [0.1, 0.15) is 42.1 Å². The maximum atomic E-state index is 13.1. The Morgan fingerprint density at radius 3 is 2.51 bits per heavy atom. The van der Waals surface area contributed by atoms with Gasteiger partial charge in [-0.2, -0.15) is 5.26 Å². The Hall–Kier alpha value is -4.66. The van der Waals surface area contributed by atoms with Crippen molar-refractivity contribution in [3.63, 3.8) is 0 Å². The predicted octanol–water partition coefficient (Wildman–Crippen LogP) is 5.71. The van der Waals surface area contributed by atoms with Gasteiger partial charge in [-0.3, -0.25) is 9.59 Å². The second-order valence-electron chi connectivity index (χ2n) is 8.78. The minimum Gasteiger partial charge on any atom is -0.490 e. The average Bonchev–Trinajstić information content (AvgIpc) is 3.43. The SMILES string of the molecule is CC(=O)OCCOc1ccc(-c2c(C#N)c(SCc3coc(-c4ccc(Cl)cc4)n3)nc3nc(C)[nH]c(=O)c23)cc1. The molecule has 2 aromatic carbocycles. The Morgan fingerprint density at radius 2 is 1.80 bits per heavy atom. The molecule has 0 atom stereocenters. The highest BCUT2D eigenvalue weighted by atomic mass is 35.5. The van der Waals surface area contributed by atoms with Gasteiger partial charge in [0.15, 0.2) is 5.65 Å². The van der Waals surface area contributed by atoms with Crippen molar-refractivity contribution in [2.24, 2.45) is 0 Å². The van der Waals surface area contributed by atoms with Crippen LogP contribution in [-0.2, 0) is 15.3 Å². The highest BCUT2D eigenvalue weighted by Gasteiger charge is 2.21. The number of thioether (sulfide) groups is 1. The Kier molecular flexibility index (Phi) is 8.33. The van der Waals surface area contributed by atoms with Crippen molar-refractivity contribution >= 4 is 40.4 Å². The number of nitriles is 1. The largest absolute Gasteiger partial charge is 0.490 e. The van der Waals surface area contributed by atoms with E-state index in [1.54, 1.807) is 49.6 Å². The molecule has 0 amide bonds. The third-order valence-corrected chi connectivity index (χ3v) is 7.11. The number of hydrogen-bond donors (Lipinski definition) is 1. The molecular weight excluding hydrogens is 566 g/mol. The van der Waals surface area contributed by atoms with E-state index in [1.807, 2.05) is 12.1 Å². The summed E-state index contributed by atoms with van der Waals surface area (Å²) in [5, 5.41) is 11.5. The summed E-state index contributed by atoms with van der Waals surface area (Å²) in [6.07, 6.45) is 1.55. The summed E-state index contributed by atoms with van der Waals surface area (Å²) in [6.45, 7) is 3.31. The molecule has 10 nitrogen and oxygen atoms in total. The number of nitrogens with zero attached hydrogens (tertiary/aromatic N) is 4. The van der Waals surface area contributed by atoms with Crippen LogP contribution >= 0.6 is 23.4 Å². The van der Waals surface area contributed by atoms with Gasteiger partial charge in [-0.15, -0.1) is 0 Å². The van der Waals surface area contributed by atoms with Crippen LogP contribution in [0.5, 0.6) is 5.75 Å². The van der Waals surface area contributed by atoms with Crippen LogP contribution in [-0.4, -0.2) is 39.1 Å². The van der Waals surface area contributed by atoms with Gasteiger partial charge in [0, 0.05) is 28.8 Å². The quantitative estimate of drug-likeness (QED) is 0.129. The Balaban J connectivity index is 1.47. The number of esters is 1. The average molecular weight is 588 g/mol. The van der Waals surface area contributed by atoms with Crippen molar-refractivity contribution in [3.8, 4) is 34.4 Å². The van der Waals surface area contributed by atoms with Crippen molar-refractivity contribution in [1.29, 1.82) is 5.26 Å². The number of halogens is 1. The fraction of sp³-hybridized carbons (Fsp3) is 0.172. The molecule has 5 rings (SSSR count). The zero-order valence-corrected chi connectivity index (χ0v) is 23.5. The molecule has 0 aliphatic rings. The molecule has 0 fully saturated rings. The molecule has 0 spiro atoms. The maximum Gasteiger partial charge on any atom is 0.302 e. The lowest BCUT2D eigenvalue weighted by Crippen LogP contribution is -2.13. The Bertz CT molecular complexity index is 1830. The first-order valence-corrected chi connectivity index (χ1v) is 13.7. The van der Waals surface area contributed by atoms with E-state index in [0.717, 1.165) is 5.56 Å². The molecule has 0 aliphatic heterocycles. The number of pyridine rings is 1. The monoisotopic (exact) mass is 587 g/mol. The van der Waals surface area contributed by atoms with Crippen LogP contribution < -0.4 is 10.3 Å². The number of nitrogens with one attached hydrogen (secondary N) is 1. The van der Waals surface area contributed by atoms with Gasteiger partial charge in [0.25, 0.3) is 5.56 Å². The minimum absolute atomic E-state index is 0.123. The van der Waals surface area contributed by atoms with Crippen LogP contribution in [0, 0.1) is 18.3 Å². The summed E-state index contributed by atoms with van der Waals surface area (Å²) in [6, 6.07) is 16.3. The summed E-state index contributed by atoms with van der Waals surface area (Å²) in [5.74, 6) is 1.37. The van der Waals surface area contributed by atoms with Crippen LogP contribution in [0.3, 0.4) is 0 Å². The number of rotatable bonds is 9. The summed E-state index contributed by atoms with van der Waals surface area (Å²) in [7, 11) is 0. The van der Waals surface area contributed by atoms with Crippen LogP contribution in [0.2, 0.25) is 5.02 Å². The smallest absolute Gasteiger partial charge is 0.302 e. The first-order chi connectivity index (χ1) is 19.8. The standard InChI is InChI=1S/C29H22ClN5O5S/c1-16-32-26-25(27(37)33-16)24(18-5-9-22(10-6-18)39-12-11-38-17(2)36)23(13-31)29(35-26)41-15-21-14-40-28(34-21)19-3-7-20(30)8-4-19/h3-10,14H,11-12,15H2,1-2H3,(H,32,33,35,37). The fourth-order valence-electron chi connectivity index (χ4n) is 4.06. The van der Waals surface area contributed by atoms with E-state index in [1.165, 1.54) is 18.7 Å². The van der Waals surface area contributed by atoms with E-state index in [2.05, 4.69) is 26.0 Å². The number of carbonyl (C=O) groups excluding carboxylic acids is 1. The molecule has 0 saturated carbocycles. The molecule has 3 aromatic heterocycles. The van der Waals surface area contributed by atoms with Crippen LogP contribution in [0.1, 0.15) is 24.0 Å². The van der Waals surface area contributed by atoms with E-state index in [9.17, 15) is 14.9 Å². The van der Waals surface area contributed by atoms with Gasteiger partial charge < -0.3 is 18.9 Å². The van der Waals surface area contributed by atoms with Crippen molar-refractivity contribution in [2.75, 3.05) is 13.2 Å². The first kappa shape index (κ1) is 27.9. The third kappa shape index (κ3) is 6.40. The molecule has 41 heavy (non-hydrogen) atoms. The van der Waals surface area contributed by atoms with Crippen molar-refractivity contribution in [1.82, 2.24) is 19.9 Å². The number of aryl methyl sites for hydroxylation is 1. The number of H-pyrrole nitrogens is 1. The molecule has 0 radical (unpaired) electrons. The molecule has 3 heterocycles. The van der Waals surface area contributed by atoms with E-state index in [-0.39, 0.29) is 35.8 Å². The third-order valence-electron chi connectivity index (χ3n) is 5.85.